The molecule has 2 fully saturated rings. The second kappa shape index (κ2) is 4.21. The molecule has 0 aromatic carbocycles. The number of likely N-dealkylation sites (N-methyl/N-ethyl adjacent to an activating group) is 1. The lowest BCUT2D eigenvalue weighted by molar-refractivity contribution is -0.138. The van der Waals surface area contributed by atoms with Crippen LogP contribution in [0.4, 0.5) is 0 Å². The van der Waals surface area contributed by atoms with E-state index in [1.165, 1.54) is 7.05 Å². The summed E-state index contributed by atoms with van der Waals surface area (Å²) in [6.07, 6.45) is 0.513. The van der Waals surface area contributed by atoms with E-state index in [9.17, 15) is 14.4 Å². The molecule has 2 rings (SSSR count). The van der Waals surface area contributed by atoms with Gasteiger partial charge in [0.1, 0.15) is 6.04 Å². The Morgan fingerprint density at radius 3 is 2.62 bits per heavy atom. The molecule has 0 aromatic rings. The molecular weight excluding hydrogens is 210 g/mol. The Labute approximate surface area is 93.4 Å². The van der Waals surface area contributed by atoms with Gasteiger partial charge in [-0.05, 0) is 19.0 Å². The van der Waals surface area contributed by atoms with Crippen molar-refractivity contribution in [2.45, 2.75) is 18.9 Å². The van der Waals surface area contributed by atoms with Crippen molar-refractivity contribution in [2.24, 2.45) is 5.92 Å². The normalized spacial score (nSPS) is 25.8. The molecule has 0 radical (unpaired) electrons. The van der Waals surface area contributed by atoms with Crippen LogP contribution in [0.1, 0.15) is 12.8 Å². The van der Waals surface area contributed by atoms with E-state index in [0.29, 0.717) is 12.3 Å². The molecule has 0 aromatic heterocycles. The first-order chi connectivity index (χ1) is 7.58. The second-order valence-corrected chi connectivity index (χ2v) is 4.34. The molecule has 0 saturated carbocycles. The predicted molar refractivity (Wildman–Crippen MR) is 55.3 cm³/mol. The molecule has 2 saturated heterocycles. The summed E-state index contributed by atoms with van der Waals surface area (Å²) >= 11 is 0. The minimum absolute atomic E-state index is 0.0873. The van der Waals surface area contributed by atoms with Crippen molar-refractivity contribution < 1.29 is 14.4 Å². The molecule has 6 heteroatoms. The monoisotopic (exact) mass is 225 g/mol. The first-order valence-electron chi connectivity index (χ1n) is 5.38. The zero-order chi connectivity index (χ0) is 11.7. The van der Waals surface area contributed by atoms with Crippen LogP contribution in [0.3, 0.4) is 0 Å². The fourth-order valence-electron chi connectivity index (χ4n) is 1.88. The van der Waals surface area contributed by atoms with Crippen LogP contribution in [0.15, 0.2) is 0 Å². The van der Waals surface area contributed by atoms with Crippen LogP contribution >= 0.6 is 0 Å². The van der Waals surface area contributed by atoms with E-state index >= 15 is 0 Å². The Bertz CT molecular complexity index is 338. The molecule has 1 atom stereocenters. The molecule has 2 aliphatic heterocycles. The third-order valence-corrected chi connectivity index (χ3v) is 3.06. The molecule has 0 bridgehead atoms. The molecule has 0 aliphatic carbocycles. The van der Waals surface area contributed by atoms with Crippen LogP contribution in [0.2, 0.25) is 0 Å². The average molecular weight is 225 g/mol. The smallest absolute Gasteiger partial charge is 0.252 e. The van der Waals surface area contributed by atoms with Gasteiger partial charge in [0.2, 0.25) is 11.8 Å². The summed E-state index contributed by atoms with van der Waals surface area (Å²) in [6.45, 7) is 1.70. The number of rotatable bonds is 3. The summed E-state index contributed by atoms with van der Waals surface area (Å²) in [4.78, 5) is 35.3. The predicted octanol–water partition coefficient (Wildman–Crippen LogP) is -1.53. The Morgan fingerprint density at radius 1 is 1.50 bits per heavy atom. The highest BCUT2D eigenvalue weighted by atomic mass is 16.2. The number of nitrogens with one attached hydrogen (secondary N) is 2. The van der Waals surface area contributed by atoms with Gasteiger partial charge in [0.25, 0.3) is 5.91 Å². The van der Waals surface area contributed by atoms with E-state index in [1.54, 1.807) is 0 Å². The summed E-state index contributed by atoms with van der Waals surface area (Å²) in [5, 5.41) is 5.68. The Hall–Kier alpha value is -1.43. The van der Waals surface area contributed by atoms with Gasteiger partial charge in [-0.2, -0.15) is 0 Å². The van der Waals surface area contributed by atoms with Crippen LogP contribution in [0.5, 0.6) is 0 Å². The number of hydrogen-bond acceptors (Lipinski definition) is 4. The number of imide groups is 1. The fourth-order valence-corrected chi connectivity index (χ4v) is 1.88. The summed E-state index contributed by atoms with van der Waals surface area (Å²) in [6, 6.07) is -0.655. The van der Waals surface area contributed by atoms with Gasteiger partial charge in [-0.1, -0.05) is 0 Å². The Morgan fingerprint density at radius 2 is 2.19 bits per heavy atom. The molecule has 2 N–H and O–H groups in total. The number of amides is 3. The maximum Gasteiger partial charge on any atom is 0.252 e. The van der Waals surface area contributed by atoms with E-state index < -0.39 is 6.04 Å². The van der Waals surface area contributed by atoms with Gasteiger partial charge in [0, 0.05) is 13.5 Å². The maximum atomic E-state index is 11.5. The molecule has 1 unspecified atom stereocenters. The fraction of sp³-hybridized carbons (Fsp3) is 0.700. The molecule has 3 amide bonds. The van der Waals surface area contributed by atoms with Crippen molar-refractivity contribution in [3.63, 3.8) is 0 Å². The molecule has 6 nitrogen and oxygen atoms in total. The standard InChI is InChI=1S/C10H15N3O3/c1-13-9(15)3-7(10(13)16)12-8(14)2-6-4-11-5-6/h6-7,11H,2-5H2,1H3,(H,12,14). The van der Waals surface area contributed by atoms with Gasteiger partial charge in [-0.25, -0.2) is 0 Å². The van der Waals surface area contributed by atoms with E-state index in [-0.39, 0.29) is 24.1 Å². The van der Waals surface area contributed by atoms with E-state index in [1.807, 2.05) is 0 Å². The minimum Gasteiger partial charge on any atom is -0.344 e. The lowest BCUT2D eigenvalue weighted by Crippen LogP contribution is -2.47. The lowest BCUT2D eigenvalue weighted by atomic mass is 9.99. The minimum atomic E-state index is -0.655. The maximum absolute atomic E-state index is 11.5. The molecule has 16 heavy (non-hydrogen) atoms. The van der Waals surface area contributed by atoms with Gasteiger partial charge >= 0.3 is 0 Å². The first kappa shape index (κ1) is 11.1. The largest absolute Gasteiger partial charge is 0.344 e. The third-order valence-electron chi connectivity index (χ3n) is 3.06. The summed E-state index contributed by atoms with van der Waals surface area (Å²) in [5.41, 5.74) is 0. The quantitative estimate of drug-likeness (QED) is 0.571. The third kappa shape index (κ3) is 2.06. The number of carbonyl (C=O) groups excluding carboxylic acids is 3. The van der Waals surface area contributed by atoms with Crippen LogP contribution in [0, 0.1) is 5.92 Å². The number of carbonyl (C=O) groups is 3. The highest BCUT2D eigenvalue weighted by Crippen LogP contribution is 2.12. The first-order valence-corrected chi connectivity index (χ1v) is 5.38. The summed E-state index contributed by atoms with van der Waals surface area (Å²) < 4.78 is 0. The van der Waals surface area contributed by atoms with Crippen LogP contribution in [-0.4, -0.2) is 48.8 Å². The Balaban J connectivity index is 1.82. The van der Waals surface area contributed by atoms with Crippen molar-refractivity contribution in [3.05, 3.63) is 0 Å². The number of hydrogen-bond donors (Lipinski definition) is 2. The van der Waals surface area contributed by atoms with Crippen molar-refractivity contribution in [2.75, 3.05) is 20.1 Å². The molecule has 0 spiro atoms. The zero-order valence-corrected chi connectivity index (χ0v) is 9.16. The zero-order valence-electron chi connectivity index (χ0n) is 9.16. The van der Waals surface area contributed by atoms with Crippen LogP contribution < -0.4 is 10.6 Å². The highest BCUT2D eigenvalue weighted by molar-refractivity contribution is 6.06. The number of likely N-dealkylation sites (tertiary alicyclic amines) is 1. The SMILES string of the molecule is CN1C(=O)CC(NC(=O)CC2CNC2)C1=O. The van der Waals surface area contributed by atoms with Crippen LogP contribution in [-0.2, 0) is 14.4 Å². The second-order valence-electron chi connectivity index (χ2n) is 4.34. The molecule has 2 heterocycles. The van der Waals surface area contributed by atoms with Crippen LogP contribution in [0.25, 0.3) is 0 Å². The van der Waals surface area contributed by atoms with Crippen molar-refractivity contribution in [1.82, 2.24) is 15.5 Å². The molecule has 2 aliphatic rings. The van der Waals surface area contributed by atoms with Gasteiger partial charge < -0.3 is 10.6 Å². The van der Waals surface area contributed by atoms with Gasteiger partial charge in [0.05, 0.1) is 6.42 Å². The van der Waals surface area contributed by atoms with Crippen molar-refractivity contribution in [1.29, 1.82) is 0 Å². The average Bonchev–Trinajstić information content (AvgIpc) is 2.40. The van der Waals surface area contributed by atoms with E-state index in [4.69, 9.17) is 0 Å². The van der Waals surface area contributed by atoms with Gasteiger partial charge in [-0.15, -0.1) is 0 Å². The summed E-state index contributed by atoms with van der Waals surface area (Å²) in [7, 11) is 1.44. The van der Waals surface area contributed by atoms with Crippen molar-refractivity contribution >= 4 is 17.7 Å². The van der Waals surface area contributed by atoms with Crippen molar-refractivity contribution in [3.8, 4) is 0 Å². The summed E-state index contributed by atoms with van der Waals surface area (Å²) in [5.74, 6) is -0.330. The Kier molecular flexibility index (Phi) is 2.91. The van der Waals surface area contributed by atoms with E-state index in [0.717, 1.165) is 18.0 Å². The lowest BCUT2D eigenvalue weighted by Gasteiger charge is -2.26. The molecule has 88 valence electrons. The topological polar surface area (TPSA) is 78.5 Å². The number of nitrogens with zero attached hydrogens (tertiary/aromatic N) is 1. The highest BCUT2D eigenvalue weighted by Gasteiger charge is 2.37. The van der Waals surface area contributed by atoms with Gasteiger partial charge in [0.15, 0.2) is 0 Å². The van der Waals surface area contributed by atoms with E-state index in [2.05, 4.69) is 10.6 Å². The van der Waals surface area contributed by atoms with Gasteiger partial charge in [-0.3, -0.25) is 19.3 Å². The molecular formula is C10H15N3O3.